The van der Waals surface area contributed by atoms with E-state index in [0.717, 1.165) is 5.39 Å². The van der Waals surface area contributed by atoms with Crippen LogP contribution >= 0.6 is 0 Å². The van der Waals surface area contributed by atoms with Crippen molar-refractivity contribution in [2.75, 3.05) is 13.2 Å². The van der Waals surface area contributed by atoms with Gasteiger partial charge in [-0.25, -0.2) is 4.79 Å². The molecule has 23 heavy (non-hydrogen) atoms. The maximum Gasteiger partial charge on any atom is 0.333 e. The third-order valence-electron chi connectivity index (χ3n) is 3.01. The molecule has 2 rings (SSSR count). The van der Waals surface area contributed by atoms with Crippen LogP contribution in [0.2, 0.25) is 0 Å². The fourth-order valence-electron chi connectivity index (χ4n) is 1.87. The second-order valence-electron chi connectivity index (χ2n) is 4.91. The molecule has 6 nitrogen and oxygen atoms in total. The molecule has 7 heteroatoms. The monoisotopic (exact) mass is 336 g/mol. The molecule has 0 aliphatic carbocycles. The molecule has 2 aromatic rings. The van der Waals surface area contributed by atoms with E-state index in [1.165, 1.54) is 12.1 Å². The topological polar surface area (TPSA) is 89.9 Å². The molecule has 0 aromatic heterocycles. The van der Waals surface area contributed by atoms with Crippen LogP contribution in [0.1, 0.15) is 6.92 Å². The molecule has 0 saturated carbocycles. The van der Waals surface area contributed by atoms with Gasteiger partial charge in [0, 0.05) is 5.57 Å². The van der Waals surface area contributed by atoms with Gasteiger partial charge < -0.3 is 9.47 Å². The Hall–Kier alpha value is -2.38. The van der Waals surface area contributed by atoms with Crippen molar-refractivity contribution in [2.24, 2.45) is 0 Å². The number of carbonyl (C=O) groups is 1. The molecule has 0 saturated heterocycles. The van der Waals surface area contributed by atoms with Crippen LogP contribution < -0.4 is 4.74 Å². The number of hydrogen-bond acceptors (Lipinski definition) is 5. The van der Waals surface area contributed by atoms with Crippen molar-refractivity contribution in [3.05, 3.63) is 48.6 Å². The molecule has 1 N–H and O–H groups in total. The Morgan fingerprint density at radius 3 is 2.43 bits per heavy atom. The molecule has 0 aliphatic rings. The number of fused-ring (bicyclic) bond motifs is 1. The fraction of sp³-hybridized carbons (Fsp3) is 0.188. The highest BCUT2D eigenvalue weighted by Gasteiger charge is 2.10. The van der Waals surface area contributed by atoms with Crippen LogP contribution in [0.25, 0.3) is 10.8 Å². The first-order valence-corrected chi connectivity index (χ1v) is 8.18. The van der Waals surface area contributed by atoms with Gasteiger partial charge in [-0.3, -0.25) is 4.55 Å². The summed E-state index contributed by atoms with van der Waals surface area (Å²) < 4.78 is 41.6. The summed E-state index contributed by atoms with van der Waals surface area (Å²) in [5.41, 5.74) is 0.324. The van der Waals surface area contributed by atoms with Crippen molar-refractivity contribution in [3.8, 4) is 5.75 Å². The third kappa shape index (κ3) is 4.54. The maximum atomic E-state index is 11.2. The lowest BCUT2D eigenvalue weighted by molar-refractivity contribution is -0.139. The molecule has 0 radical (unpaired) electrons. The molecule has 0 atom stereocenters. The summed E-state index contributed by atoms with van der Waals surface area (Å²) in [7, 11) is -4.22. The van der Waals surface area contributed by atoms with Crippen molar-refractivity contribution in [3.63, 3.8) is 0 Å². The third-order valence-corrected chi connectivity index (χ3v) is 3.86. The first kappa shape index (κ1) is 17.0. The van der Waals surface area contributed by atoms with Crippen LogP contribution in [0.4, 0.5) is 0 Å². The number of ether oxygens (including phenoxy) is 2. The highest BCUT2D eigenvalue weighted by molar-refractivity contribution is 7.85. The Morgan fingerprint density at radius 1 is 1.13 bits per heavy atom. The van der Waals surface area contributed by atoms with Crippen molar-refractivity contribution in [2.45, 2.75) is 11.8 Å². The second kappa shape index (κ2) is 6.80. The predicted molar refractivity (Wildman–Crippen MR) is 85.0 cm³/mol. The minimum atomic E-state index is -4.22. The van der Waals surface area contributed by atoms with Crippen LogP contribution in [0.5, 0.6) is 5.75 Å². The van der Waals surface area contributed by atoms with E-state index < -0.39 is 16.1 Å². The number of carbonyl (C=O) groups excluding carboxylic acids is 1. The highest BCUT2D eigenvalue weighted by Crippen LogP contribution is 2.23. The molecule has 2 aromatic carbocycles. The molecule has 0 fully saturated rings. The average Bonchev–Trinajstić information content (AvgIpc) is 2.49. The second-order valence-corrected chi connectivity index (χ2v) is 6.33. The lowest BCUT2D eigenvalue weighted by Gasteiger charge is -2.08. The Morgan fingerprint density at radius 2 is 1.78 bits per heavy atom. The molecule has 0 bridgehead atoms. The van der Waals surface area contributed by atoms with Crippen LogP contribution in [0.3, 0.4) is 0 Å². The number of rotatable bonds is 6. The molecule has 122 valence electrons. The first-order chi connectivity index (χ1) is 10.8. The summed E-state index contributed by atoms with van der Waals surface area (Å²) in [5.74, 6) is 0.0910. The zero-order valence-corrected chi connectivity index (χ0v) is 13.3. The first-order valence-electron chi connectivity index (χ1n) is 6.74. The summed E-state index contributed by atoms with van der Waals surface area (Å²) in [6.45, 7) is 5.33. The Balaban J connectivity index is 2.03. The molecule has 0 aliphatic heterocycles. The van der Waals surface area contributed by atoms with Gasteiger partial charge in [-0.15, -0.1) is 0 Å². The smallest absolute Gasteiger partial charge is 0.333 e. The summed E-state index contributed by atoms with van der Waals surface area (Å²) in [6, 6.07) is 9.34. The SMILES string of the molecule is C=C(C)C(=O)OCCOc1ccc2cc(S(=O)(=O)O)ccc2c1. The van der Waals surface area contributed by atoms with Gasteiger partial charge in [-0.05, 0) is 42.0 Å². The van der Waals surface area contributed by atoms with Crippen molar-refractivity contribution in [1.82, 2.24) is 0 Å². The predicted octanol–water partition coefficient (Wildman–Crippen LogP) is 2.58. The minimum absolute atomic E-state index is 0.103. The number of benzene rings is 2. The van der Waals surface area contributed by atoms with Crippen molar-refractivity contribution >= 4 is 26.9 Å². The number of esters is 1. The van der Waals surface area contributed by atoms with E-state index in [-0.39, 0.29) is 18.1 Å². The standard InChI is InChI=1S/C16H16O6S/c1-11(2)16(17)22-8-7-21-14-5-3-13-10-15(23(18,19)20)6-4-12(13)9-14/h3-6,9-10H,1,7-8H2,2H3,(H,18,19,20). The summed E-state index contributed by atoms with van der Waals surface area (Å²) >= 11 is 0. The van der Waals surface area contributed by atoms with Gasteiger partial charge in [0.25, 0.3) is 10.1 Å². The van der Waals surface area contributed by atoms with Gasteiger partial charge in [-0.1, -0.05) is 18.7 Å². The quantitative estimate of drug-likeness (QED) is 0.377. The van der Waals surface area contributed by atoms with E-state index in [9.17, 15) is 13.2 Å². The van der Waals surface area contributed by atoms with E-state index in [1.54, 1.807) is 31.2 Å². The van der Waals surface area contributed by atoms with E-state index in [4.69, 9.17) is 14.0 Å². The fourth-order valence-corrected chi connectivity index (χ4v) is 2.39. The molecular weight excluding hydrogens is 320 g/mol. The van der Waals surface area contributed by atoms with Crippen molar-refractivity contribution in [1.29, 1.82) is 0 Å². The summed E-state index contributed by atoms with van der Waals surface area (Å²) in [5, 5.41) is 1.41. The lowest BCUT2D eigenvalue weighted by atomic mass is 10.1. The van der Waals surface area contributed by atoms with Gasteiger partial charge in [0.05, 0.1) is 4.90 Å². The number of hydrogen-bond donors (Lipinski definition) is 1. The molecule has 0 unspecified atom stereocenters. The molecule has 0 heterocycles. The Labute approximate surface area is 134 Å². The molecule has 0 spiro atoms. The Kier molecular flexibility index (Phi) is 5.02. The van der Waals surface area contributed by atoms with E-state index in [1.807, 2.05) is 0 Å². The highest BCUT2D eigenvalue weighted by atomic mass is 32.2. The van der Waals surface area contributed by atoms with Gasteiger partial charge in [-0.2, -0.15) is 8.42 Å². The van der Waals surface area contributed by atoms with Crippen LogP contribution in [0, 0.1) is 0 Å². The molecular formula is C16H16O6S. The lowest BCUT2D eigenvalue weighted by Crippen LogP contribution is -2.12. The zero-order chi connectivity index (χ0) is 17.0. The summed E-state index contributed by atoms with van der Waals surface area (Å²) in [6.07, 6.45) is 0. The largest absolute Gasteiger partial charge is 0.490 e. The van der Waals surface area contributed by atoms with Crippen molar-refractivity contribution < 1.29 is 27.2 Å². The Bertz CT molecular complexity index is 854. The average molecular weight is 336 g/mol. The van der Waals surface area contributed by atoms with Crippen LogP contribution in [0.15, 0.2) is 53.4 Å². The summed E-state index contributed by atoms with van der Waals surface area (Å²) in [4.78, 5) is 11.0. The van der Waals surface area contributed by atoms with E-state index >= 15 is 0 Å². The molecule has 0 amide bonds. The van der Waals surface area contributed by atoms with Gasteiger partial charge in [0.15, 0.2) is 0 Å². The van der Waals surface area contributed by atoms with Gasteiger partial charge in [0.1, 0.15) is 19.0 Å². The van der Waals surface area contributed by atoms with E-state index in [2.05, 4.69) is 6.58 Å². The van der Waals surface area contributed by atoms with Gasteiger partial charge >= 0.3 is 5.97 Å². The normalized spacial score (nSPS) is 11.2. The zero-order valence-electron chi connectivity index (χ0n) is 12.5. The minimum Gasteiger partial charge on any atom is -0.490 e. The maximum absolute atomic E-state index is 11.2. The van der Waals surface area contributed by atoms with Crippen LogP contribution in [-0.2, 0) is 19.6 Å². The van der Waals surface area contributed by atoms with Gasteiger partial charge in [0.2, 0.25) is 0 Å². The van der Waals surface area contributed by atoms with Crippen LogP contribution in [-0.4, -0.2) is 32.2 Å². The van der Waals surface area contributed by atoms with E-state index in [0.29, 0.717) is 16.7 Å².